The fourth-order valence-electron chi connectivity index (χ4n) is 1.78. The lowest BCUT2D eigenvalue weighted by atomic mass is 10.2. The Kier molecular flexibility index (Phi) is 4.15. The molecule has 0 spiro atoms. The van der Waals surface area contributed by atoms with E-state index in [1.807, 2.05) is 0 Å². The second kappa shape index (κ2) is 5.18. The molecule has 1 aliphatic rings. The first kappa shape index (κ1) is 12.8. The van der Waals surface area contributed by atoms with Crippen molar-refractivity contribution < 1.29 is 19.1 Å². The highest BCUT2D eigenvalue weighted by atomic mass is 16.6. The van der Waals surface area contributed by atoms with Gasteiger partial charge in [-0.1, -0.05) is 0 Å². The summed E-state index contributed by atoms with van der Waals surface area (Å²) in [7, 11) is 0. The van der Waals surface area contributed by atoms with Crippen LogP contribution in [0.5, 0.6) is 0 Å². The third-order valence-corrected chi connectivity index (χ3v) is 2.39. The number of nitrogens with one attached hydrogen (secondary N) is 1. The van der Waals surface area contributed by atoms with Crippen LogP contribution in [0.3, 0.4) is 0 Å². The molecule has 1 rings (SSSR count). The van der Waals surface area contributed by atoms with Crippen molar-refractivity contribution in [3.05, 3.63) is 0 Å². The minimum Gasteiger partial charge on any atom is -0.462 e. The minimum atomic E-state index is -0.510. The van der Waals surface area contributed by atoms with E-state index in [-0.39, 0.29) is 12.1 Å². The van der Waals surface area contributed by atoms with E-state index in [1.165, 1.54) is 0 Å². The topological polar surface area (TPSA) is 64.6 Å². The average molecular weight is 229 g/mol. The molecule has 0 saturated heterocycles. The van der Waals surface area contributed by atoms with Gasteiger partial charge in [-0.3, -0.25) is 4.79 Å². The first-order valence-corrected chi connectivity index (χ1v) is 5.51. The number of carbonyl (C=O) groups excluding carboxylic acids is 2. The molecule has 5 nitrogen and oxygen atoms in total. The number of hydrogen-bond donors (Lipinski definition) is 1. The largest absolute Gasteiger partial charge is 0.462 e. The maximum Gasteiger partial charge on any atom is 0.408 e. The summed E-state index contributed by atoms with van der Waals surface area (Å²) < 4.78 is 10.0. The van der Waals surface area contributed by atoms with Gasteiger partial charge >= 0.3 is 6.09 Å². The van der Waals surface area contributed by atoms with Crippen molar-refractivity contribution in [2.24, 2.45) is 0 Å². The van der Waals surface area contributed by atoms with Gasteiger partial charge in [0.05, 0.1) is 6.04 Å². The Balaban J connectivity index is 2.41. The Morgan fingerprint density at radius 3 is 2.62 bits per heavy atom. The van der Waals surface area contributed by atoms with Crippen molar-refractivity contribution in [3.8, 4) is 0 Å². The second-order valence-electron chi connectivity index (χ2n) is 4.95. The molecule has 0 aromatic carbocycles. The summed E-state index contributed by atoms with van der Waals surface area (Å²) in [6, 6.07) is -0.125. The summed E-state index contributed by atoms with van der Waals surface area (Å²) in [5, 5.41) is 2.73. The van der Waals surface area contributed by atoms with Crippen LogP contribution in [-0.4, -0.2) is 30.3 Å². The number of ether oxygens (including phenoxy) is 2. The molecule has 1 fully saturated rings. The molecule has 0 aliphatic heterocycles. The van der Waals surface area contributed by atoms with Gasteiger partial charge in [0.2, 0.25) is 0 Å². The quantitative estimate of drug-likeness (QED) is 0.747. The molecule has 1 N–H and O–H groups in total. The Morgan fingerprint density at radius 1 is 1.38 bits per heavy atom. The molecule has 0 bridgehead atoms. The van der Waals surface area contributed by atoms with Gasteiger partial charge in [0.1, 0.15) is 11.7 Å². The highest BCUT2D eigenvalue weighted by Gasteiger charge is 2.31. The molecule has 2 atom stereocenters. The van der Waals surface area contributed by atoms with Crippen LogP contribution >= 0.6 is 0 Å². The predicted molar refractivity (Wildman–Crippen MR) is 57.9 cm³/mol. The van der Waals surface area contributed by atoms with E-state index >= 15 is 0 Å². The number of amides is 1. The maximum atomic E-state index is 11.5. The Bertz CT molecular complexity index is 259. The fraction of sp³-hybridized carbons (Fsp3) is 0.818. The molecule has 1 saturated carbocycles. The molecule has 1 aliphatic carbocycles. The number of rotatable bonds is 3. The van der Waals surface area contributed by atoms with Crippen molar-refractivity contribution >= 4 is 12.6 Å². The van der Waals surface area contributed by atoms with Gasteiger partial charge < -0.3 is 14.8 Å². The lowest BCUT2D eigenvalue weighted by Gasteiger charge is -2.23. The molecule has 0 aromatic heterocycles. The summed E-state index contributed by atoms with van der Waals surface area (Å²) in [5.41, 5.74) is -0.510. The molecule has 1 amide bonds. The molecule has 16 heavy (non-hydrogen) atoms. The van der Waals surface area contributed by atoms with Gasteiger partial charge in [-0.05, 0) is 40.0 Å². The van der Waals surface area contributed by atoms with Gasteiger partial charge in [0.15, 0.2) is 0 Å². The van der Waals surface area contributed by atoms with Gasteiger partial charge in [-0.2, -0.15) is 0 Å². The van der Waals surface area contributed by atoms with E-state index in [4.69, 9.17) is 9.47 Å². The molecule has 0 heterocycles. The van der Waals surface area contributed by atoms with Gasteiger partial charge in [0.25, 0.3) is 6.47 Å². The lowest BCUT2D eigenvalue weighted by Crippen LogP contribution is -2.43. The molecule has 92 valence electrons. The SMILES string of the molecule is CC(C)(C)OC(=O)N[C@H]1CCC[C@@H]1OC=O. The molecule has 5 heteroatoms. The van der Waals surface area contributed by atoms with Crippen LogP contribution in [0.25, 0.3) is 0 Å². The molecular formula is C11H19NO4. The highest BCUT2D eigenvalue weighted by Crippen LogP contribution is 2.22. The minimum absolute atomic E-state index is 0.125. The third-order valence-electron chi connectivity index (χ3n) is 2.39. The molecule has 0 aromatic rings. The predicted octanol–water partition coefficient (Wildman–Crippen LogP) is 1.61. The number of carbonyl (C=O) groups is 2. The standard InChI is InChI=1S/C11H19NO4/c1-11(2,3)16-10(14)12-8-5-4-6-9(8)15-7-13/h7-9H,4-6H2,1-3H3,(H,12,14)/t8-,9-/m0/s1. The average Bonchev–Trinajstić information content (AvgIpc) is 2.50. The summed E-state index contributed by atoms with van der Waals surface area (Å²) in [6.07, 6.45) is 1.87. The van der Waals surface area contributed by atoms with E-state index in [0.717, 1.165) is 19.3 Å². The first-order valence-electron chi connectivity index (χ1n) is 5.51. The summed E-state index contributed by atoms with van der Waals surface area (Å²) in [5.74, 6) is 0. The van der Waals surface area contributed by atoms with Crippen molar-refractivity contribution in [2.75, 3.05) is 0 Å². The summed E-state index contributed by atoms with van der Waals surface area (Å²) in [6.45, 7) is 5.85. The summed E-state index contributed by atoms with van der Waals surface area (Å²) in [4.78, 5) is 21.7. The zero-order valence-corrected chi connectivity index (χ0v) is 9.99. The Labute approximate surface area is 95.5 Å². The maximum absolute atomic E-state index is 11.5. The molecule has 0 unspecified atom stereocenters. The molecule has 0 radical (unpaired) electrons. The third kappa shape index (κ3) is 4.08. The van der Waals surface area contributed by atoms with Crippen molar-refractivity contribution in [1.82, 2.24) is 5.32 Å². The first-order chi connectivity index (χ1) is 7.42. The van der Waals surface area contributed by atoms with Crippen molar-refractivity contribution in [2.45, 2.75) is 57.8 Å². The van der Waals surface area contributed by atoms with Crippen LogP contribution in [-0.2, 0) is 14.3 Å². The Hall–Kier alpha value is -1.26. The number of hydrogen-bond acceptors (Lipinski definition) is 4. The van der Waals surface area contributed by atoms with Gasteiger partial charge in [-0.25, -0.2) is 4.79 Å². The highest BCUT2D eigenvalue weighted by molar-refractivity contribution is 5.68. The zero-order chi connectivity index (χ0) is 12.2. The number of alkyl carbamates (subject to hydrolysis) is 1. The Morgan fingerprint density at radius 2 is 2.06 bits per heavy atom. The van der Waals surface area contributed by atoms with Crippen LogP contribution in [0.15, 0.2) is 0 Å². The fourth-order valence-corrected chi connectivity index (χ4v) is 1.78. The van der Waals surface area contributed by atoms with Crippen LogP contribution in [0.4, 0.5) is 4.79 Å². The van der Waals surface area contributed by atoms with Crippen molar-refractivity contribution in [1.29, 1.82) is 0 Å². The normalized spacial score (nSPS) is 24.9. The van der Waals surface area contributed by atoms with E-state index in [2.05, 4.69) is 5.32 Å². The van der Waals surface area contributed by atoms with E-state index in [1.54, 1.807) is 20.8 Å². The van der Waals surface area contributed by atoms with Crippen LogP contribution in [0.2, 0.25) is 0 Å². The van der Waals surface area contributed by atoms with Gasteiger partial charge in [-0.15, -0.1) is 0 Å². The van der Waals surface area contributed by atoms with E-state index in [9.17, 15) is 9.59 Å². The smallest absolute Gasteiger partial charge is 0.408 e. The van der Waals surface area contributed by atoms with Crippen molar-refractivity contribution in [3.63, 3.8) is 0 Å². The van der Waals surface area contributed by atoms with E-state index in [0.29, 0.717) is 6.47 Å². The monoisotopic (exact) mass is 229 g/mol. The van der Waals surface area contributed by atoms with E-state index < -0.39 is 11.7 Å². The second-order valence-corrected chi connectivity index (χ2v) is 4.95. The lowest BCUT2D eigenvalue weighted by molar-refractivity contribution is -0.134. The summed E-state index contributed by atoms with van der Waals surface area (Å²) >= 11 is 0. The van der Waals surface area contributed by atoms with Crippen LogP contribution in [0.1, 0.15) is 40.0 Å². The molecular weight excluding hydrogens is 210 g/mol. The van der Waals surface area contributed by atoms with Gasteiger partial charge in [0, 0.05) is 0 Å². The van der Waals surface area contributed by atoms with Crippen LogP contribution < -0.4 is 5.32 Å². The zero-order valence-electron chi connectivity index (χ0n) is 9.99. The van der Waals surface area contributed by atoms with Crippen LogP contribution in [0, 0.1) is 0 Å².